The fourth-order valence-electron chi connectivity index (χ4n) is 1.98. The number of hydrogen-bond donors (Lipinski definition) is 1. The number of carbonyl (C=O) groups is 2. The Kier molecular flexibility index (Phi) is 8.03. The normalized spacial score (nSPS) is 14.9. The van der Waals surface area contributed by atoms with Gasteiger partial charge in [0.2, 0.25) is 15.9 Å². The van der Waals surface area contributed by atoms with E-state index in [0.717, 1.165) is 0 Å². The van der Waals surface area contributed by atoms with Crippen molar-refractivity contribution in [2.24, 2.45) is 11.7 Å². The molecule has 0 saturated carbocycles. The van der Waals surface area contributed by atoms with Gasteiger partial charge in [-0.2, -0.15) is 4.31 Å². The molecule has 0 aliphatic carbocycles. The van der Waals surface area contributed by atoms with E-state index in [0.29, 0.717) is 23.6 Å². The summed E-state index contributed by atoms with van der Waals surface area (Å²) in [6.07, 6.45) is 0.466. The lowest BCUT2D eigenvalue weighted by molar-refractivity contribution is -0.123. The van der Waals surface area contributed by atoms with Crippen molar-refractivity contribution >= 4 is 22.0 Å². The summed E-state index contributed by atoms with van der Waals surface area (Å²) in [5.41, 5.74) is 4.51. The summed E-state index contributed by atoms with van der Waals surface area (Å²) in [7, 11) is -4.00. The molecule has 2 N–H and O–H groups in total. The molecule has 2 atom stereocenters. The van der Waals surface area contributed by atoms with E-state index >= 15 is 0 Å². The first-order valence-electron chi connectivity index (χ1n) is 7.91. The Morgan fingerprint density at radius 1 is 1.22 bits per heavy atom. The van der Waals surface area contributed by atoms with E-state index in [2.05, 4.69) is 0 Å². The maximum atomic E-state index is 12.6. The second-order valence-corrected chi connectivity index (χ2v) is 8.64. The smallest absolute Gasteiger partial charge is 0.424 e. The molecule has 0 bridgehead atoms. The molecule has 0 spiro atoms. The fourth-order valence-corrected chi connectivity index (χ4v) is 3.75. The van der Waals surface area contributed by atoms with Crippen molar-refractivity contribution in [3.8, 4) is 0 Å². The van der Waals surface area contributed by atoms with Crippen molar-refractivity contribution in [3.63, 3.8) is 0 Å². The maximum Gasteiger partial charge on any atom is 0.424 e. The average Bonchev–Trinajstić information content (AvgIpc) is 2.38. The zero-order chi connectivity index (χ0) is 18.4. The zero-order valence-corrected chi connectivity index (χ0v) is 15.8. The topological polar surface area (TPSA) is 107 Å². The van der Waals surface area contributed by atoms with Crippen molar-refractivity contribution < 1.29 is 22.7 Å². The van der Waals surface area contributed by atoms with E-state index in [4.69, 9.17) is 10.5 Å². The number of primary amides is 1. The molecule has 0 fully saturated rings. The lowest BCUT2D eigenvalue weighted by atomic mass is 9.99. The Morgan fingerprint density at radius 2 is 1.74 bits per heavy atom. The summed E-state index contributed by atoms with van der Waals surface area (Å²) in [4.78, 5) is 24.3. The SMILES string of the molecule is CCCCS(=O)(=O)N(C(=O)OC(C)(C)C)[C@H](C(N)=O)[C@@H](C)CC. The summed E-state index contributed by atoms with van der Waals surface area (Å²) < 4.78 is 30.9. The van der Waals surface area contributed by atoms with Gasteiger partial charge in [0.1, 0.15) is 11.6 Å². The van der Waals surface area contributed by atoms with E-state index in [1.54, 1.807) is 34.6 Å². The molecular weight excluding hydrogens is 320 g/mol. The van der Waals surface area contributed by atoms with E-state index in [9.17, 15) is 18.0 Å². The monoisotopic (exact) mass is 350 g/mol. The summed E-state index contributed by atoms with van der Waals surface area (Å²) in [6, 6.07) is -1.25. The number of hydrogen-bond acceptors (Lipinski definition) is 5. The van der Waals surface area contributed by atoms with Gasteiger partial charge in [-0.3, -0.25) is 4.79 Å². The molecule has 0 unspecified atom stereocenters. The molecular formula is C15H30N2O5S. The maximum absolute atomic E-state index is 12.6. The Morgan fingerprint density at radius 3 is 2.09 bits per heavy atom. The standard InChI is InChI=1S/C15H30N2O5S/c1-7-9-10-23(20,21)17(14(19)22-15(4,5)6)12(13(16)18)11(3)8-2/h11-12H,7-10H2,1-6H3,(H2,16,18)/t11-,12-/m0/s1. The highest BCUT2D eigenvalue weighted by Gasteiger charge is 2.42. The van der Waals surface area contributed by atoms with E-state index < -0.39 is 39.6 Å². The highest BCUT2D eigenvalue weighted by molar-refractivity contribution is 7.89. The van der Waals surface area contributed by atoms with Crippen LogP contribution in [0.3, 0.4) is 0 Å². The zero-order valence-electron chi connectivity index (χ0n) is 15.0. The number of sulfonamides is 1. The van der Waals surface area contributed by atoms with Crippen LogP contribution in [-0.2, 0) is 19.6 Å². The first-order valence-corrected chi connectivity index (χ1v) is 9.52. The summed E-state index contributed by atoms with van der Waals surface area (Å²) >= 11 is 0. The third-order valence-electron chi connectivity index (χ3n) is 3.36. The van der Waals surface area contributed by atoms with E-state index in [-0.39, 0.29) is 5.75 Å². The predicted molar refractivity (Wildman–Crippen MR) is 89.2 cm³/mol. The number of unbranched alkanes of at least 4 members (excludes halogenated alkanes) is 1. The molecule has 8 heteroatoms. The molecule has 136 valence electrons. The van der Waals surface area contributed by atoms with Crippen LogP contribution in [0.2, 0.25) is 0 Å². The van der Waals surface area contributed by atoms with Gasteiger partial charge in [0.05, 0.1) is 5.75 Å². The third kappa shape index (κ3) is 6.76. The molecule has 0 aromatic heterocycles. The first-order chi connectivity index (χ1) is 10.4. The Bertz CT molecular complexity index is 510. The van der Waals surface area contributed by atoms with Crippen LogP contribution in [0, 0.1) is 5.92 Å². The second kappa shape index (κ2) is 8.52. The number of carbonyl (C=O) groups excluding carboxylic acids is 2. The highest BCUT2D eigenvalue weighted by Crippen LogP contribution is 2.22. The molecule has 0 aliphatic rings. The van der Waals surface area contributed by atoms with Crippen LogP contribution in [0.4, 0.5) is 4.79 Å². The van der Waals surface area contributed by atoms with Crippen molar-refractivity contribution in [1.82, 2.24) is 4.31 Å². The second-order valence-electron chi connectivity index (χ2n) is 6.68. The fraction of sp³-hybridized carbons (Fsp3) is 0.867. The van der Waals surface area contributed by atoms with Crippen LogP contribution in [0.5, 0.6) is 0 Å². The van der Waals surface area contributed by atoms with Gasteiger partial charge in [-0.25, -0.2) is 13.2 Å². The molecule has 0 aliphatic heterocycles. The van der Waals surface area contributed by atoms with Gasteiger partial charge in [-0.05, 0) is 33.1 Å². The van der Waals surface area contributed by atoms with Crippen molar-refractivity contribution in [2.45, 2.75) is 72.4 Å². The first kappa shape index (κ1) is 21.7. The minimum Gasteiger partial charge on any atom is -0.443 e. The Balaban J connectivity index is 5.87. The van der Waals surface area contributed by atoms with Crippen LogP contribution in [-0.4, -0.2) is 42.1 Å². The lowest BCUT2D eigenvalue weighted by Crippen LogP contribution is -2.55. The summed E-state index contributed by atoms with van der Waals surface area (Å²) in [5.74, 6) is -1.50. The van der Waals surface area contributed by atoms with Gasteiger partial charge in [-0.15, -0.1) is 0 Å². The number of rotatable bonds is 8. The van der Waals surface area contributed by atoms with Gasteiger partial charge < -0.3 is 10.5 Å². The molecule has 7 nitrogen and oxygen atoms in total. The van der Waals surface area contributed by atoms with Gasteiger partial charge in [0.15, 0.2) is 0 Å². The quantitative estimate of drug-likeness (QED) is 0.722. The molecule has 23 heavy (non-hydrogen) atoms. The Hall–Kier alpha value is -1.31. The highest BCUT2D eigenvalue weighted by atomic mass is 32.2. The minimum absolute atomic E-state index is 0.233. The number of nitrogens with zero attached hydrogens (tertiary/aromatic N) is 1. The molecule has 0 radical (unpaired) electrons. The van der Waals surface area contributed by atoms with Crippen LogP contribution >= 0.6 is 0 Å². The predicted octanol–water partition coefficient (Wildman–Crippen LogP) is 2.25. The summed E-state index contributed by atoms with van der Waals surface area (Å²) in [5, 5.41) is 0. The number of amides is 2. The van der Waals surface area contributed by atoms with Gasteiger partial charge >= 0.3 is 6.09 Å². The largest absolute Gasteiger partial charge is 0.443 e. The van der Waals surface area contributed by atoms with Crippen LogP contribution < -0.4 is 5.73 Å². The molecule has 0 rings (SSSR count). The summed E-state index contributed by atoms with van der Waals surface area (Å²) in [6.45, 7) is 10.2. The van der Waals surface area contributed by atoms with Gasteiger partial charge in [0.25, 0.3) is 0 Å². The van der Waals surface area contributed by atoms with E-state index in [1.165, 1.54) is 0 Å². The average molecular weight is 350 g/mol. The van der Waals surface area contributed by atoms with Crippen molar-refractivity contribution in [3.05, 3.63) is 0 Å². The van der Waals surface area contributed by atoms with E-state index in [1.807, 2.05) is 6.92 Å². The van der Waals surface area contributed by atoms with Crippen LogP contribution in [0.1, 0.15) is 60.8 Å². The molecule has 2 amide bonds. The third-order valence-corrected chi connectivity index (χ3v) is 5.14. The van der Waals surface area contributed by atoms with Crippen LogP contribution in [0.15, 0.2) is 0 Å². The number of nitrogens with two attached hydrogens (primary N) is 1. The Labute approximate surface area is 139 Å². The minimum atomic E-state index is -4.00. The molecule has 0 heterocycles. The van der Waals surface area contributed by atoms with Gasteiger partial charge in [-0.1, -0.05) is 33.6 Å². The number of ether oxygens (including phenoxy) is 1. The molecule has 0 aromatic carbocycles. The van der Waals surface area contributed by atoms with Crippen LogP contribution in [0.25, 0.3) is 0 Å². The van der Waals surface area contributed by atoms with Crippen molar-refractivity contribution in [2.75, 3.05) is 5.75 Å². The van der Waals surface area contributed by atoms with Crippen molar-refractivity contribution in [1.29, 1.82) is 0 Å². The molecule has 0 saturated heterocycles. The van der Waals surface area contributed by atoms with Gasteiger partial charge in [0, 0.05) is 0 Å². The molecule has 0 aromatic rings. The lowest BCUT2D eigenvalue weighted by Gasteiger charge is -2.33.